The smallest absolute Gasteiger partial charge is 0.0500 e. The average Bonchev–Trinajstić information content (AvgIpc) is 2.94. The molecule has 3 rings (SSSR count). The van der Waals surface area contributed by atoms with E-state index in [1.54, 1.807) is 0 Å². The number of fused-ring (bicyclic) bond motifs is 1. The SMILES string of the molecule is CCc1cccc2c(CCCCN)c(-c3ccccc3C)[nH]c12. The van der Waals surface area contributed by atoms with E-state index in [0.717, 1.165) is 32.2 Å². The van der Waals surface area contributed by atoms with E-state index >= 15 is 0 Å². The average molecular weight is 306 g/mol. The highest BCUT2D eigenvalue weighted by Gasteiger charge is 2.15. The zero-order valence-electron chi connectivity index (χ0n) is 14.2. The van der Waals surface area contributed by atoms with Gasteiger partial charge in [0, 0.05) is 22.2 Å². The van der Waals surface area contributed by atoms with Gasteiger partial charge in [0.2, 0.25) is 0 Å². The van der Waals surface area contributed by atoms with E-state index in [-0.39, 0.29) is 0 Å². The fourth-order valence-electron chi connectivity index (χ4n) is 3.42. The van der Waals surface area contributed by atoms with Gasteiger partial charge >= 0.3 is 0 Å². The minimum absolute atomic E-state index is 0.766. The van der Waals surface area contributed by atoms with Crippen molar-refractivity contribution in [2.24, 2.45) is 5.73 Å². The number of nitrogens with two attached hydrogens (primary N) is 1. The van der Waals surface area contributed by atoms with Crippen LogP contribution in [0.25, 0.3) is 22.2 Å². The lowest BCUT2D eigenvalue weighted by atomic mass is 9.97. The number of hydrogen-bond donors (Lipinski definition) is 2. The zero-order chi connectivity index (χ0) is 16.2. The molecule has 0 unspecified atom stereocenters. The third kappa shape index (κ3) is 3.04. The number of aryl methyl sites for hydroxylation is 3. The Morgan fingerprint density at radius 1 is 1.00 bits per heavy atom. The third-order valence-corrected chi connectivity index (χ3v) is 4.70. The van der Waals surface area contributed by atoms with Crippen LogP contribution in [-0.4, -0.2) is 11.5 Å². The fraction of sp³-hybridized carbons (Fsp3) is 0.333. The van der Waals surface area contributed by atoms with E-state index in [2.05, 4.69) is 61.3 Å². The Kier molecular flexibility index (Phi) is 4.82. The van der Waals surface area contributed by atoms with E-state index in [4.69, 9.17) is 5.73 Å². The second-order valence-corrected chi connectivity index (χ2v) is 6.23. The molecule has 1 heterocycles. The Morgan fingerprint density at radius 2 is 1.83 bits per heavy atom. The molecule has 120 valence electrons. The number of nitrogens with one attached hydrogen (secondary N) is 1. The van der Waals surface area contributed by atoms with Crippen LogP contribution in [0.5, 0.6) is 0 Å². The first-order chi connectivity index (χ1) is 11.3. The molecule has 0 radical (unpaired) electrons. The van der Waals surface area contributed by atoms with Gasteiger partial charge < -0.3 is 10.7 Å². The van der Waals surface area contributed by atoms with Gasteiger partial charge in [0.05, 0.1) is 0 Å². The number of rotatable bonds is 6. The molecule has 2 heteroatoms. The van der Waals surface area contributed by atoms with E-state index in [1.165, 1.54) is 38.9 Å². The molecule has 2 nitrogen and oxygen atoms in total. The van der Waals surface area contributed by atoms with Crippen molar-refractivity contribution in [3.8, 4) is 11.3 Å². The first kappa shape index (κ1) is 15.8. The number of H-pyrrole nitrogens is 1. The van der Waals surface area contributed by atoms with Crippen LogP contribution < -0.4 is 5.73 Å². The summed E-state index contributed by atoms with van der Waals surface area (Å²) in [5.74, 6) is 0. The van der Waals surface area contributed by atoms with Gasteiger partial charge in [-0.3, -0.25) is 0 Å². The third-order valence-electron chi connectivity index (χ3n) is 4.70. The van der Waals surface area contributed by atoms with Crippen molar-refractivity contribution in [2.45, 2.75) is 39.5 Å². The molecule has 0 aliphatic heterocycles. The molecule has 0 atom stereocenters. The molecule has 0 saturated carbocycles. The van der Waals surface area contributed by atoms with Gasteiger partial charge in [-0.1, -0.05) is 49.4 Å². The molecule has 1 aromatic heterocycles. The summed E-state index contributed by atoms with van der Waals surface area (Å²) in [5.41, 5.74) is 13.7. The lowest BCUT2D eigenvalue weighted by Crippen LogP contribution is -1.99. The van der Waals surface area contributed by atoms with Crippen LogP contribution in [0.1, 0.15) is 36.5 Å². The normalized spacial score (nSPS) is 11.3. The first-order valence-electron chi connectivity index (χ1n) is 8.64. The van der Waals surface area contributed by atoms with Gasteiger partial charge in [-0.15, -0.1) is 0 Å². The number of hydrogen-bond acceptors (Lipinski definition) is 1. The Bertz CT molecular complexity index is 799. The largest absolute Gasteiger partial charge is 0.354 e. The van der Waals surface area contributed by atoms with Crippen LogP contribution in [0.4, 0.5) is 0 Å². The molecule has 23 heavy (non-hydrogen) atoms. The molecule has 0 saturated heterocycles. The molecular formula is C21H26N2. The van der Waals surface area contributed by atoms with Gasteiger partial charge in [0.25, 0.3) is 0 Å². The molecule has 0 amide bonds. The van der Waals surface area contributed by atoms with Gasteiger partial charge in [-0.2, -0.15) is 0 Å². The van der Waals surface area contributed by atoms with Crippen molar-refractivity contribution in [3.05, 3.63) is 59.2 Å². The summed E-state index contributed by atoms with van der Waals surface area (Å²) >= 11 is 0. The minimum Gasteiger partial charge on any atom is -0.354 e. The summed E-state index contributed by atoms with van der Waals surface area (Å²) < 4.78 is 0. The maximum atomic E-state index is 5.69. The summed E-state index contributed by atoms with van der Waals surface area (Å²) in [6, 6.07) is 15.3. The van der Waals surface area contributed by atoms with Gasteiger partial charge in [-0.05, 0) is 55.8 Å². The first-order valence-corrected chi connectivity index (χ1v) is 8.64. The van der Waals surface area contributed by atoms with Crippen LogP contribution in [-0.2, 0) is 12.8 Å². The topological polar surface area (TPSA) is 41.8 Å². The molecule has 0 bridgehead atoms. The Labute approximate surface area is 138 Å². The Hall–Kier alpha value is -2.06. The number of aromatic amines is 1. The predicted molar refractivity (Wildman–Crippen MR) is 99.8 cm³/mol. The van der Waals surface area contributed by atoms with Crippen molar-refractivity contribution < 1.29 is 0 Å². The van der Waals surface area contributed by atoms with Crippen molar-refractivity contribution in [1.29, 1.82) is 0 Å². The highest BCUT2D eigenvalue weighted by atomic mass is 14.7. The van der Waals surface area contributed by atoms with Crippen molar-refractivity contribution in [3.63, 3.8) is 0 Å². The van der Waals surface area contributed by atoms with Gasteiger partial charge in [-0.25, -0.2) is 0 Å². The van der Waals surface area contributed by atoms with Crippen LogP contribution in [0, 0.1) is 6.92 Å². The van der Waals surface area contributed by atoms with E-state index in [0.29, 0.717) is 0 Å². The maximum absolute atomic E-state index is 5.69. The number of para-hydroxylation sites is 1. The number of unbranched alkanes of at least 4 members (excludes halogenated alkanes) is 1. The van der Waals surface area contributed by atoms with Crippen molar-refractivity contribution in [1.82, 2.24) is 4.98 Å². The number of aromatic nitrogens is 1. The second kappa shape index (κ2) is 7.01. The molecule has 3 N–H and O–H groups in total. The highest BCUT2D eigenvalue weighted by Crippen LogP contribution is 2.34. The Morgan fingerprint density at radius 3 is 2.57 bits per heavy atom. The van der Waals surface area contributed by atoms with Crippen molar-refractivity contribution >= 4 is 10.9 Å². The summed E-state index contributed by atoms with van der Waals surface area (Å²) in [4.78, 5) is 3.74. The summed E-state index contributed by atoms with van der Waals surface area (Å²) in [6.07, 6.45) is 4.34. The zero-order valence-corrected chi connectivity index (χ0v) is 14.2. The molecule has 0 spiro atoms. The van der Waals surface area contributed by atoms with Crippen molar-refractivity contribution in [2.75, 3.05) is 6.54 Å². The predicted octanol–water partition coefficient (Wildman–Crippen LogP) is 4.99. The maximum Gasteiger partial charge on any atom is 0.0500 e. The van der Waals surface area contributed by atoms with Crippen LogP contribution in [0.3, 0.4) is 0 Å². The van der Waals surface area contributed by atoms with Crippen LogP contribution in [0.2, 0.25) is 0 Å². The quantitative estimate of drug-likeness (QED) is 0.619. The minimum atomic E-state index is 0.766. The molecule has 0 fully saturated rings. The summed E-state index contributed by atoms with van der Waals surface area (Å²) in [7, 11) is 0. The highest BCUT2D eigenvalue weighted by molar-refractivity contribution is 5.93. The van der Waals surface area contributed by atoms with Gasteiger partial charge in [0.15, 0.2) is 0 Å². The molecule has 0 aliphatic rings. The lowest BCUT2D eigenvalue weighted by molar-refractivity contribution is 0.748. The lowest BCUT2D eigenvalue weighted by Gasteiger charge is -2.08. The monoisotopic (exact) mass is 306 g/mol. The van der Waals surface area contributed by atoms with E-state index in [9.17, 15) is 0 Å². The van der Waals surface area contributed by atoms with Crippen LogP contribution >= 0.6 is 0 Å². The van der Waals surface area contributed by atoms with E-state index in [1.807, 2.05) is 0 Å². The molecular weight excluding hydrogens is 280 g/mol. The van der Waals surface area contributed by atoms with Gasteiger partial charge in [0.1, 0.15) is 0 Å². The molecule has 3 aromatic rings. The standard InChI is InChI=1S/C21H26N2/c1-3-16-10-8-13-18-19(12-6-7-14-22)21(23-20(16)18)17-11-5-4-9-15(17)2/h4-5,8-11,13,23H,3,6-7,12,14,22H2,1-2H3. The second-order valence-electron chi connectivity index (χ2n) is 6.23. The van der Waals surface area contributed by atoms with Crippen LogP contribution in [0.15, 0.2) is 42.5 Å². The van der Waals surface area contributed by atoms with E-state index < -0.39 is 0 Å². The number of benzene rings is 2. The molecule has 0 aliphatic carbocycles. The Balaban J connectivity index is 2.19. The fourth-order valence-corrected chi connectivity index (χ4v) is 3.42. The summed E-state index contributed by atoms with van der Waals surface area (Å²) in [6.45, 7) is 5.17. The summed E-state index contributed by atoms with van der Waals surface area (Å²) in [5, 5.41) is 1.37. The molecule has 2 aromatic carbocycles.